The average molecular weight is 654 g/mol. The number of carbonyl (C=O) groups is 3. The molecule has 0 radical (unpaired) electrons. The third kappa shape index (κ3) is 4.33. The lowest BCUT2D eigenvalue weighted by atomic mass is 9.72. The van der Waals surface area contributed by atoms with Crippen LogP contribution in [0.25, 0.3) is 0 Å². The standard InChI is InChI=1S/C27H28INO10/c1-10-22(28)13(29)6-17(38-10)39-15-8-27(36,16(31)9-30)7-12-19(15)26(35)21-20(24(12)33)23(32)11-4-3-5-14(37-2)18(11)25(21)34/h3-5,10,13,15,17,22,30,33,35-36H,6-9,29H2,1-2H3/p+1/t10-,13-,15-,17-,22+,27-/m0/s1. The molecule has 7 N–H and O–H groups in total. The number of ketones is 3. The third-order valence-electron chi connectivity index (χ3n) is 7.82. The van der Waals surface area contributed by atoms with Gasteiger partial charge in [0, 0.05) is 29.5 Å². The molecule has 208 valence electrons. The number of aliphatic hydroxyl groups is 2. The zero-order chi connectivity index (χ0) is 28.4. The lowest BCUT2D eigenvalue weighted by molar-refractivity contribution is -0.442. The van der Waals surface area contributed by atoms with Gasteiger partial charge in [-0.1, -0.05) is 34.7 Å². The number of phenolic OH excluding ortho intramolecular Hbond substituents is 2. The van der Waals surface area contributed by atoms with E-state index in [9.17, 15) is 34.8 Å². The van der Waals surface area contributed by atoms with E-state index < -0.39 is 77.4 Å². The van der Waals surface area contributed by atoms with Crippen molar-refractivity contribution in [3.8, 4) is 17.2 Å². The van der Waals surface area contributed by atoms with Gasteiger partial charge < -0.3 is 40.4 Å². The molecule has 6 atom stereocenters. The summed E-state index contributed by atoms with van der Waals surface area (Å²) in [4.78, 5) is 39.8. The van der Waals surface area contributed by atoms with Crippen molar-refractivity contribution in [3.05, 3.63) is 51.6 Å². The molecule has 2 aliphatic carbocycles. The van der Waals surface area contributed by atoms with Gasteiger partial charge in [0.15, 0.2) is 17.9 Å². The second kappa shape index (κ2) is 10.1. The Morgan fingerprint density at radius 1 is 1.18 bits per heavy atom. The fourth-order valence-corrected chi connectivity index (χ4v) is 6.26. The molecule has 1 saturated heterocycles. The second-order valence-electron chi connectivity index (χ2n) is 10.2. The van der Waals surface area contributed by atoms with Crippen molar-refractivity contribution in [1.29, 1.82) is 0 Å². The second-order valence-corrected chi connectivity index (χ2v) is 11.6. The molecule has 3 aliphatic rings. The summed E-state index contributed by atoms with van der Waals surface area (Å²) in [7, 11) is 1.34. The Hall–Kier alpha value is -2.62. The number of fused-ring (bicyclic) bond motifs is 3. The van der Waals surface area contributed by atoms with Gasteiger partial charge in [0.2, 0.25) is 5.78 Å². The minimum absolute atomic E-state index is 0.0220. The van der Waals surface area contributed by atoms with Gasteiger partial charge in [-0.25, -0.2) is 0 Å². The Kier molecular flexibility index (Phi) is 7.23. The Morgan fingerprint density at radius 3 is 2.51 bits per heavy atom. The van der Waals surface area contributed by atoms with Crippen LogP contribution in [0.5, 0.6) is 17.2 Å². The summed E-state index contributed by atoms with van der Waals surface area (Å²) in [5, 5.41) is 43.7. The van der Waals surface area contributed by atoms with Crippen molar-refractivity contribution in [3.63, 3.8) is 0 Å². The summed E-state index contributed by atoms with van der Waals surface area (Å²) in [6, 6.07) is 4.39. The summed E-state index contributed by atoms with van der Waals surface area (Å²) >= 11 is 2.24. The normalized spacial score (nSPS) is 29.8. The van der Waals surface area contributed by atoms with Gasteiger partial charge in [-0.3, -0.25) is 14.4 Å². The molecule has 0 amide bonds. The van der Waals surface area contributed by atoms with E-state index in [-0.39, 0.29) is 44.1 Å². The molecule has 0 bridgehead atoms. The third-order valence-corrected chi connectivity index (χ3v) is 9.84. The lowest BCUT2D eigenvalue weighted by Crippen LogP contribution is -2.70. The lowest BCUT2D eigenvalue weighted by Gasteiger charge is -2.41. The first-order chi connectivity index (χ1) is 18.4. The zero-order valence-corrected chi connectivity index (χ0v) is 23.4. The summed E-state index contributed by atoms with van der Waals surface area (Å²) in [6.45, 7) is 0.884. The minimum atomic E-state index is -2.18. The summed E-state index contributed by atoms with van der Waals surface area (Å²) in [5.74, 6) is -3.50. The number of aromatic hydroxyl groups is 2. The van der Waals surface area contributed by atoms with Crippen LogP contribution in [0, 0.1) is 0 Å². The summed E-state index contributed by atoms with van der Waals surface area (Å²) in [6.07, 6.45) is -2.85. The summed E-state index contributed by atoms with van der Waals surface area (Å²) in [5.41, 5.74) is 0.882. The Morgan fingerprint density at radius 2 is 1.87 bits per heavy atom. The zero-order valence-electron chi connectivity index (χ0n) is 21.3. The number of phenols is 2. The van der Waals surface area contributed by atoms with Gasteiger partial charge in [0.25, 0.3) is 0 Å². The Labute approximate surface area is 237 Å². The highest BCUT2D eigenvalue weighted by atomic mass is 127. The van der Waals surface area contributed by atoms with Gasteiger partial charge in [-0.15, -0.1) is 0 Å². The maximum atomic E-state index is 13.7. The quantitative estimate of drug-likeness (QED) is 0.149. The van der Waals surface area contributed by atoms with E-state index in [1.807, 2.05) is 6.92 Å². The molecule has 1 aliphatic heterocycles. The van der Waals surface area contributed by atoms with E-state index >= 15 is 0 Å². The van der Waals surface area contributed by atoms with Crippen LogP contribution in [-0.4, -0.2) is 79.5 Å². The van der Waals surface area contributed by atoms with Gasteiger partial charge in [-0.2, -0.15) is 0 Å². The van der Waals surface area contributed by atoms with Crippen LogP contribution in [-0.2, 0) is 20.7 Å². The number of carbonyl (C=O) groups excluding carboxylic acids is 3. The van der Waals surface area contributed by atoms with E-state index in [0.29, 0.717) is 6.42 Å². The van der Waals surface area contributed by atoms with Crippen LogP contribution in [0.4, 0.5) is 0 Å². The first kappa shape index (κ1) is 27.9. The van der Waals surface area contributed by atoms with Gasteiger partial charge in [0.1, 0.15) is 35.5 Å². The Bertz CT molecular complexity index is 1380. The maximum Gasteiger partial charge on any atom is 0.202 e. The monoisotopic (exact) mass is 654 g/mol. The molecular formula is C27H29INO10+. The largest absolute Gasteiger partial charge is 0.507 e. The van der Waals surface area contributed by atoms with E-state index in [4.69, 9.17) is 14.2 Å². The molecule has 1 fully saturated rings. The number of methoxy groups -OCH3 is 1. The van der Waals surface area contributed by atoms with Crippen LogP contribution in [0.1, 0.15) is 68.8 Å². The van der Waals surface area contributed by atoms with Crippen LogP contribution in [0.15, 0.2) is 18.2 Å². The van der Waals surface area contributed by atoms with E-state index in [2.05, 4.69) is 28.3 Å². The number of Topliss-reactive ketones (excluding diaryl/α,β-unsaturated/α-hetero) is 1. The van der Waals surface area contributed by atoms with Crippen molar-refractivity contribution >= 4 is 39.9 Å². The van der Waals surface area contributed by atoms with Crippen molar-refractivity contribution in [2.45, 2.75) is 60.3 Å². The molecular weight excluding hydrogens is 625 g/mol. The smallest absolute Gasteiger partial charge is 0.202 e. The number of rotatable bonds is 5. The van der Waals surface area contributed by atoms with E-state index in [1.165, 1.54) is 25.3 Å². The molecule has 5 rings (SSSR count). The van der Waals surface area contributed by atoms with Gasteiger partial charge in [0.05, 0.1) is 46.4 Å². The predicted octanol–water partition coefficient (Wildman–Crippen LogP) is 0.727. The van der Waals surface area contributed by atoms with E-state index in [0.717, 1.165) is 0 Å². The number of hydrogen-bond donors (Lipinski definition) is 5. The number of benzene rings is 2. The highest BCUT2D eigenvalue weighted by Gasteiger charge is 2.50. The molecule has 1 heterocycles. The van der Waals surface area contributed by atoms with Crippen LogP contribution in [0.3, 0.4) is 0 Å². The molecule has 0 unspecified atom stereocenters. The average Bonchev–Trinajstić information content (AvgIpc) is 2.90. The maximum absolute atomic E-state index is 13.7. The highest BCUT2D eigenvalue weighted by Crippen LogP contribution is 2.52. The molecule has 11 nitrogen and oxygen atoms in total. The van der Waals surface area contributed by atoms with Crippen LogP contribution in [0.2, 0.25) is 0 Å². The molecule has 0 aromatic heterocycles. The molecule has 12 heteroatoms. The fraction of sp³-hybridized carbons (Fsp3) is 0.444. The van der Waals surface area contributed by atoms with E-state index in [1.54, 1.807) is 0 Å². The van der Waals surface area contributed by atoms with Crippen molar-refractivity contribution in [1.82, 2.24) is 0 Å². The fourth-order valence-electron chi connectivity index (χ4n) is 5.80. The molecule has 39 heavy (non-hydrogen) atoms. The Balaban J connectivity index is 1.69. The van der Waals surface area contributed by atoms with Gasteiger partial charge in [-0.05, 0) is 13.0 Å². The SMILES string of the molecule is COc1cccc2c1C(=O)c1c(O)c3c(c(O)c1C2=O)C[C@@](O)(C(=O)CO)C[C@@H]3O[C@H]1C[C@H]([NH3+])[C@H](I)[C@H](C)O1. The predicted molar refractivity (Wildman–Crippen MR) is 142 cm³/mol. The molecule has 2 aromatic rings. The van der Waals surface area contributed by atoms with Crippen molar-refractivity contribution in [2.75, 3.05) is 13.7 Å². The molecule has 0 saturated carbocycles. The molecule has 2 aromatic carbocycles. The van der Waals surface area contributed by atoms with Crippen LogP contribution < -0.4 is 10.5 Å². The topological polar surface area (TPSA) is 187 Å². The van der Waals surface area contributed by atoms with Gasteiger partial charge >= 0.3 is 0 Å². The number of ether oxygens (including phenoxy) is 3. The first-order valence-electron chi connectivity index (χ1n) is 12.4. The number of quaternary nitrogens is 1. The highest BCUT2D eigenvalue weighted by molar-refractivity contribution is 14.1. The number of alkyl halides is 1. The summed E-state index contributed by atoms with van der Waals surface area (Å²) < 4.78 is 17.6. The first-order valence-corrected chi connectivity index (χ1v) is 13.7. The minimum Gasteiger partial charge on any atom is -0.507 e. The van der Waals surface area contributed by atoms with Crippen molar-refractivity contribution in [2.24, 2.45) is 0 Å². The molecule has 0 spiro atoms. The number of halogens is 1. The number of hydrogen-bond acceptors (Lipinski definition) is 10. The van der Waals surface area contributed by atoms with Crippen molar-refractivity contribution < 1.29 is 54.8 Å². The van der Waals surface area contributed by atoms with Crippen LogP contribution >= 0.6 is 22.6 Å². The number of aliphatic hydroxyl groups excluding tert-OH is 1.